The van der Waals surface area contributed by atoms with Crippen LogP contribution in [0, 0.1) is 5.92 Å². The standard InChI is InChI=1S/C14H27N3O2/c1-3-9-17(10-13(18)16-2)14(19)11-7-5-4-6-8-12(11)15/h11-12H,3-10,15H2,1-2H3,(H,16,18). The summed E-state index contributed by atoms with van der Waals surface area (Å²) in [6, 6.07) is -0.0564. The molecule has 0 bridgehead atoms. The molecule has 2 unspecified atom stereocenters. The first-order valence-electron chi connectivity index (χ1n) is 7.35. The molecule has 0 saturated heterocycles. The fourth-order valence-electron chi connectivity index (χ4n) is 2.67. The highest BCUT2D eigenvalue weighted by molar-refractivity contribution is 5.86. The molecule has 1 aliphatic carbocycles. The zero-order valence-corrected chi connectivity index (χ0v) is 12.2. The van der Waals surface area contributed by atoms with Crippen LogP contribution in [0.1, 0.15) is 45.4 Å². The van der Waals surface area contributed by atoms with Crippen LogP contribution in [0.3, 0.4) is 0 Å². The lowest BCUT2D eigenvalue weighted by Gasteiger charge is -2.28. The van der Waals surface area contributed by atoms with Crippen molar-refractivity contribution in [2.75, 3.05) is 20.1 Å². The summed E-state index contributed by atoms with van der Waals surface area (Å²) in [5, 5.41) is 2.57. The fraction of sp³-hybridized carbons (Fsp3) is 0.857. The van der Waals surface area contributed by atoms with Crippen molar-refractivity contribution in [3.8, 4) is 0 Å². The van der Waals surface area contributed by atoms with Crippen molar-refractivity contribution in [2.24, 2.45) is 11.7 Å². The molecule has 0 radical (unpaired) electrons. The Morgan fingerprint density at radius 1 is 1.26 bits per heavy atom. The molecule has 0 aromatic carbocycles. The second kappa shape index (κ2) is 8.15. The molecule has 0 aliphatic heterocycles. The highest BCUT2D eigenvalue weighted by Gasteiger charge is 2.30. The smallest absolute Gasteiger partial charge is 0.239 e. The van der Waals surface area contributed by atoms with Gasteiger partial charge in [-0.2, -0.15) is 0 Å². The van der Waals surface area contributed by atoms with Gasteiger partial charge in [0.2, 0.25) is 11.8 Å². The van der Waals surface area contributed by atoms with Gasteiger partial charge in [-0.3, -0.25) is 9.59 Å². The van der Waals surface area contributed by atoms with Gasteiger partial charge in [-0.1, -0.05) is 26.2 Å². The first-order valence-corrected chi connectivity index (χ1v) is 7.35. The maximum absolute atomic E-state index is 12.6. The summed E-state index contributed by atoms with van der Waals surface area (Å²) in [4.78, 5) is 25.7. The van der Waals surface area contributed by atoms with Crippen molar-refractivity contribution in [1.29, 1.82) is 0 Å². The molecule has 1 aliphatic rings. The van der Waals surface area contributed by atoms with Crippen LogP contribution < -0.4 is 11.1 Å². The van der Waals surface area contributed by atoms with E-state index in [9.17, 15) is 9.59 Å². The molecule has 2 amide bonds. The third-order valence-corrected chi connectivity index (χ3v) is 3.81. The number of nitrogens with two attached hydrogens (primary N) is 1. The van der Waals surface area contributed by atoms with Crippen LogP contribution in [0.4, 0.5) is 0 Å². The van der Waals surface area contributed by atoms with Crippen LogP contribution in [-0.4, -0.2) is 42.9 Å². The number of nitrogens with zero attached hydrogens (tertiary/aromatic N) is 1. The van der Waals surface area contributed by atoms with Crippen molar-refractivity contribution in [3.63, 3.8) is 0 Å². The quantitative estimate of drug-likeness (QED) is 0.727. The molecule has 5 heteroatoms. The van der Waals surface area contributed by atoms with Crippen LogP contribution >= 0.6 is 0 Å². The van der Waals surface area contributed by atoms with Gasteiger partial charge in [0.05, 0.1) is 12.5 Å². The van der Waals surface area contributed by atoms with Crippen molar-refractivity contribution in [2.45, 2.75) is 51.5 Å². The zero-order valence-electron chi connectivity index (χ0n) is 12.2. The molecule has 110 valence electrons. The molecule has 5 nitrogen and oxygen atoms in total. The van der Waals surface area contributed by atoms with E-state index in [1.165, 1.54) is 0 Å². The Morgan fingerprint density at radius 3 is 2.58 bits per heavy atom. The van der Waals surface area contributed by atoms with Gasteiger partial charge in [-0.05, 0) is 19.3 Å². The maximum Gasteiger partial charge on any atom is 0.239 e. The van der Waals surface area contributed by atoms with Crippen LogP contribution in [0.15, 0.2) is 0 Å². The average molecular weight is 269 g/mol. The van der Waals surface area contributed by atoms with Gasteiger partial charge in [0.15, 0.2) is 0 Å². The second-order valence-corrected chi connectivity index (χ2v) is 5.34. The minimum absolute atomic E-state index is 0.0554. The van der Waals surface area contributed by atoms with Crippen molar-refractivity contribution in [1.82, 2.24) is 10.2 Å². The number of carbonyl (C=O) groups excluding carboxylic acids is 2. The largest absolute Gasteiger partial charge is 0.358 e. The highest BCUT2D eigenvalue weighted by atomic mass is 16.2. The highest BCUT2D eigenvalue weighted by Crippen LogP contribution is 2.24. The molecule has 0 spiro atoms. The number of likely N-dealkylation sites (N-methyl/N-ethyl adjacent to an activating group) is 1. The number of hydrogen-bond donors (Lipinski definition) is 2. The minimum Gasteiger partial charge on any atom is -0.358 e. The van der Waals surface area contributed by atoms with E-state index in [1.54, 1.807) is 11.9 Å². The minimum atomic E-state index is -0.121. The molecule has 0 aromatic heterocycles. The second-order valence-electron chi connectivity index (χ2n) is 5.34. The monoisotopic (exact) mass is 269 g/mol. The van der Waals surface area contributed by atoms with Gasteiger partial charge in [-0.15, -0.1) is 0 Å². The molecule has 1 rings (SSSR count). The van der Waals surface area contributed by atoms with Gasteiger partial charge in [-0.25, -0.2) is 0 Å². The summed E-state index contributed by atoms with van der Waals surface area (Å²) in [6.07, 6.45) is 5.94. The number of carbonyl (C=O) groups is 2. The Kier molecular flexibility index (Phi) is 6.84. The van der Waals surface area contributed by atoms with Crippen molar-refractivity contribution in [3.05, 3.63) is 0 Å². The number of amides is 2. The topological polar surface area (TPSA) is 75.4 Å². The Bertz CT molecular complexity index is 307. The van der Waals surface area contributed by atoms with E-state index in [4.69, 9.17) is 5.73 Å². The Labute approximate surface area is 115 Å². The van der Waals surface area contributed by atoms with E-state index in [1.807, 2.05) is 6.92 Å². The van der Waals surface area contributed by atoms with Gasteiger partial charge in [0.1, 0.15) is 0 Å². The van der Waals surface area contributed by atoms with E-state index in [0.29, 0.717) is 6.54 Å². The predicted octanol–water partition coefficient (Wildman–Crippen LogP) is 0.879. The van der Waals surface area contributed by atoms with Crippen LogP contribution in [0.25, 0.3) is 0 Å². The zero-order chi connectivity index (χ0) is 14.3. The Balaban J connectivity index is 2.70. The van der Waals surface area contributed by atoms with Crippen molar-refractivity contribution >= 4 is 11.8 Å². The molecule has 0 heterocycles. The van der Waals surface area contributed by atoms with E-state index in [2.05, 4.69) is 5.32 Å². The molecule has 3 N–H and O–H groups in total. The molecular formula is C14H27N3O2. The van der Waals surface area contributed by atoms with Crippen LogP contribution in [0.5, 0.6) is 0 Å². The molecule has 2 atom stereocenters. The third kappa shape index (κ3) is 4.82. The summed E-state index contributed by atoms with van der Waals surface area (Å²) in [6.45, 7) is 2.78. The normalized spacial score (nSPS) is 23.5. The summed E-state index contributed by atoms with van der Waals surface area (Å²) in [7, 11) is 1.59. The third-order valence-electron chi connectivity index (χ3n) is 3.81. The maximum atomic E-state index is 12.6. The Hall–Kier alpha value is -1.10. The lowest BCUT2D eigenvalue weighted by Crippen LogP contribution is -2.47. The molecular weight excluding hydrogens is 242 g/mol. The van der Waals surface area contributed by atoms with Gasteiger partial charge >= 0.3 is 0 Å². The molecule has 0 aromatic rings. The fourth-order valence-corrected chi connectivity index (χ4v) is 2.67. The lowest BCUT2D eigenvalue weighted by atomic mass is 9.94. The van der Waals surface area contributed by atoms with Gasteiger partial charge < -0.3 is 16.0 Å². The first-order chi connectivity index (χ1) is 9.10. The molecule has 1 saturated carbocycles. The number of nitrogens with one attached hydrogen (secondary N) is 1. The van der Waals surface area contributed by atoms with E-state index in [-0.39, 0.29) is 30.3 Å². The molecule has 19 heavy (non-hydrogen) atoms. The van der Waals surface area contributed by atoms with Crippen LogP contribution in [-0.2, 0) is 9.59 Å². The Morgan fingerprint density at radius 2 is 1.95 bits per heavy atom. The average Bonchev–Trinajstić information content (AvgIpc) is 2.62. The number of rotatable bonds is 5. The predicted molar refractivity (Wildman–Crippen MR) is 75.5 cm³/mol. The summed E-state index contributed by atoms with van der Waals surface area (Å²) >= 11 is 0. The summed E-state index contributed by atoms with van der Waals surface area (Å²) in [5.74, 6) is -0.178. The lowest BCUT2D eigenvalue weighted by molar-refractivity contribution is -0.140. The van der Waals surface area contributed by atoms with Crippen molar-refractivity contribution < 1.29 is 9.59 Å². The summed E-state index contributed by atoms with van der Waals surface area (Å²) < 4.78 is 0. The number of hydrogen-bond acceptors (Lipinski definition) is 3. The van der Waals surface area contributed by atoms with Gasteiger partial charge in [0, 0.05) is 19.6 Å². The van der Waals surface area contributed by atoms with Gasteiger partial charge in [0.25, 0.3) is 0 Å². The van der Waals surface area contributed by atoms with E-state index < -0.39 is 0 Å². The SMILES string of the molecule is CCCN(CC(=O)NC)C(=O)C1CCCCCC1N. The molecule has 1 fully saturated rings. The summed E-state index contributed by atoms with van der Waals surface area (Å²) in [5.41, 5.74) is 6.13. The van der Waals surface area contributed by atoms with E-state index in [0.717, 1.165) is 38.5 Å². The van der Waals surface area contributed by atoms with E-state index >= 15 is 0 Å². The van der Waals surface area contributed by atoms with Crippen LogP contribution in [0.2, 0.25) is 0 Å². The first kappa shape index (κ1) is 16.0.